The van der Waals surface area contributed by atoms with Crippen molar-refractivity contribution in [1.29, 1.82) is 0 Å². The molecule has 1 aliphatic rings. The first kappa shape index (κ1) is 15.9. The maximum atomic E-state index is 13.8. The Balaban J connectivity index is 2.00. The molecule has 1 unspecified atom stereocenters. The molecule has 1 aliphatic heterocycles. The van der Waals surface area contributed by atoms with E-state index < -0.39 is 5.82 Å². The van der Waals surface area contributed by atoms with Crippen molar-refractivity contribution in [2.24, 2.45) is 5.73 Å². The number of thioether (sulfide) groups is 1. The third kappa shape index (κ3) is 4.76. The Morgan fingerprint density at radius 3 is 3.05 bits per heavy atom. The minimum atomic E-state index is -0.526. The van der Waals surface area contributed by atoms with Crippen LogP contribution in [0.3, 0.4) is 0 Å². The molecule has 0 aliphatic carbocycles. The number of nitrogens with one attached hydrogen (secondary N) is 1. The highest BCUT2D eigenvalue weighted by atomic mass is 32.2. The molecule has 0 bridgehead atoms. The first-order valence-electron chi connectivity index (χ1n) is 7.09. The molecule has 3 N–H and O–H groups in total. The third-order valence-electron chi connectivity index (χ3n) is 3.31. The van der Waals surface area contributed by atoms with Gasteiger partial charge < -0.3 is 11.1 Å². The Morgan fingerprint density at radius 1 is 1.48 bits per heavy atom. The van der Waals surface area contributed by atoms with Gasteiger partial charge in [-0.15, -0.1) is 0 Å². The first-order valence-corrected chi connectivity index (χ1v) is 8.14. The van der Waals surface area contributed by atoms with Crippen molar-refractivity contribution in [2.75, 3.05) is 18.8 Å². The molecule has 1 fully saturated rings. The van der Waals surface area contributed by atoms with E-state index >= 15 is 0 Å². The fraction of sp³-hybridized carbons (Fsp3) is 0.438. The summed E-state index contributed by atoms with van der Waals surface area (Å²) in [7, 11) is 0. The maximum Gasteiger partial charge on any atom is 0.254 e. The normalized spacial score (nSPS) is 17.7. The third-order valence-corrected chi connectivity index (χ3v) is 4.71. The summed E-state index contributed by atoms with van der Waals surface area (Å²) >= 11 is 1.87. The lowest BCUT2D eigenvalue weighted by molar-refractivity contribution is 0.0949. The zero-order valence-corrected chi connectivity index (χ0v) is 12.6. The number of rotatable bonds is 3. The molecule has 0 spiro atoms. The summed E-state index contributed by atoms with van der Waals surface area (Å²) in [5.41, 5.74) is 5.94. The maximum absolute atomic E-state index is 13.8. The Labute approximate surface area is 128 Å². The van der Waals surface area contributed by atoms with E-state index in [2.05, 4.69) is 17.2 Å². The molecule has 0 saturated carbocycles. The molecule has 21 heavy (non-hydrogen) atoms. The first-order chi connectivity index (χ1) is 10.2. The zero-order chi connectivity index (χ0) is 15.1. The summed E-state index contributed by atoms with van der Waals surface area (Å²) in [5, 5.41) is 3.26. The molecular formula is C16H19FN2OS. The van der Waals surface area contributed by atoms with E-state index in [9.17, 15) is 9.18 Å². The zero-order valence-electron chi connectivity index (χ0n) is 11.8. The monoisotopic (exact) mass is 306 g/mol. The van der Waals surface area contributed by atoms with Crippen molar-refractivity contribution in [3.05, 3.63) is 35.1 Å². The fourth-order valence-electron chi connectivity index (χ4n) is 2.20. The number of hydrogen-bond donors (Lipinski definition) is 2. The molecule has 0 aromatic heterocycles. The van der Waals surface area contributed by atoms with Crippen molar-refractivity contribution < 1.29 is 9.18 Å². The molecule has 1 saturated heterocycles. The number of amides is 1. The molecule has 1 atom stereocenters. The second kappa shape index (κ2) is 8.06. The standard InChI is InChI=1S/C16H19FN2OS/c17-15-7-6-12(4-3-8-18)10-14(15)16(20)19-11-13-5-1-2-9-21-13/h6-7,10,13H,1-2,5,8-9,11,18H2,(H,19,20). The second-order valence-electron chi connectivity index (χ2n) is 4.90. The van der Waals surface area contributed by atoms with Gasteiger partial charge in [0.1, 0.15) is 5.82 Å². The van der Waals surface area contributed by atoms with Crippen LogP contribution in [-0.2, 0) is 0 Å². The van der Waals surface area contributed by atoms with Crippen LogP contribution in [0.1, 0.15) is 35.2 Å². The van der Waals surface area contributed by atoms with Crippen LogP contribution in [0.5, 0.6) is 0 Å². The Bertz CT molecular complexity index is 559. The smallest absolute Gasteiger partial charge is 0.254 e. The minimum Gasteiger partial charge on any atom is -0.351 e. The Kier molecular flexibility index (Phi) is 6.09. The van der Waals surface area contributed by atoms with Crippen molar-refractivity contribution in [3.8, 4) is 11.8 Å². The summed E-state index contributed by atoms with van der Waals surface area (Å²) < 4.78 is 13.8. The summed E-state index contributed by atoms with van der Waals surface area (Å²) in [6.45, 7) is 0.819. The number of benzene rings is 1. The highest BCUT2D eigenvalue weighted by Crippen LogP contribution is 2.24. The molecule has 0 radical (unpaired) electrons. The minimum absolute atomic E-state index is 0.0413. The lowest BCUT2D eigenvalue weighted by Crippen LogP contribution is -2.32. The van der Waals surface area contributed by atoms with Gasteiger partial charge in [0.05, 0.1) is 12.1 Å². The predicted molar refractivity (Wildman–Crippen MR) is 84.8 cm³/mol. The van der Waals surface area contributed by atoms with Crippen LogP contribution in [0.4, 0.5) is 4.39 Å². The second-order valence-corrected chi connectivity index (χ2v) is 6.31. The predicted octanol–water partition coefficient (Wildman–Crippen LogP) is 2.15. The molecule has 1 aromatic rings. The van der Waals surface area contributed by atoms with Gasteiger partial charge in [-0.05, 0) is 36.8 Å². The highest BCUT2D eigenvalue weighted by molar-refractivity contribution is 7.99. The molecule has 1 heterocycles. The van der Waals surface area contributed by atoms with Gasteiger partial charge in [-0.2, -0.15) is 11.8 Å². The van der Waals surface area contributed by atoms with Gasteiger partial charge in [0.2, 0.25) is 0 Å². The topological polar surface area (TPSA) is 55.1 Å². The number of carbonyl (C=O) groups excluding carboxylic acids is 1. The van der Waals surface area contributed by atoms with Crippen molar-refractivity contribution in [1.82, 2.24) is 5.32 Å². The molecule has 1 amide bonds. The lowest BCUT2D eigenvalue weighted by atomic mass is 10.1. The van der Waals surface area contributed by atoms with Gasteiger partial charge >= 0.3 is 0 Å². The van der Waals surface area contributed by atoms with Crippen molar-refractivity contribution in [2.45, 2.75) is 24.5 Å². The average molecular weight is 306 g/mol. The number of hydrogen-bond acceptors (Lipinski definition) is 3. The van der Waals surface area contributed by atoms with E-state index in [0.717, 1.165) is 12.2 Å². The molecular weight excluding hydrogens is 287 g/mol. The van der Waals surface area contributed by atoms with E-state index in [1.807, 2.05) is 11.8 Å². The van der Waals surface area contributed by atoms with Crippen LogP contribution in [-0.4, -0.2) is 30.0 Å². The van der Waals surface area contributed by atoms with Gasteiger partial charge in [0.25, 0.3) is 5.91 Å². The summed E-state index contributed by atoms with van der Waals surface area (Å²) in [6, 6.07) is 4.29. The Hall–Kier alpha value is -1.51. The van der Waals surface area contributed by atoms with E-state index in [1.165, 1.54) is 25.0 Å². The summed E-state index contributed by atoms with van der Waals surface area (Å²) in [4.78, 5) is 12.1. The van der Waals surface area contributed by atoms with Crippen LogP contribution >= 0.6 is 11.8 Å². The Morgan fingerprint density at radius 2 is 2.33 bits per heavy atom. The fourth-order valence-corrected chi connectivity index (χ4v) is 3.44. The quantitative estimate of drug-likeness (QED) is 0.841. The van der Waals surface area contributed by atoms with Crippen molar-refractivity contribution in [3.63, 3.8) is 0 Å². The van der Waals surface area contributed by atoms with Gasteiger partial charge in [-0.1, -0.05) is 18.3 Å². The van der Waals surface area contributed by atoms with E-state index in [-0.39, 0.29) is 18.0 Å². The van der Waals surface area contributed by atoms with Gasteiger partial charge in [-0.3, -0.25) is 4.79 Å². The molecule has 5 heteroatoms. The average Bonchev–Trinajstić information content (AvgIpc) is 2.53. The van der Waals surface area contributed by atoms with Crippen LogP contribution in [0.15, 0.2) is 18.2 Å². The number of nitrogens with two attached hydrogens (primary N) is 1. The highest BCUT2D eigenvalue weighted by Gasteiger charge is 2.17. The van der Waals surface area contributed by atoms with Crippen LogP contribution in [0.25, 0.3) is 0 Å². The largest absolute Gasteiger partial charge is 0.351 e. The van der Waals surface area contributed by atoms with Gasteiger partial charge in [0, 0.05) is 17.4 Å². The van der Waals surface area contributed by atoms with Gasteiger partial charge in [-0.25, -0.2) is 4.39 Å². The SMILES string of the molecule is NCC#Cc1ccc(F)c(C(=O)NCC2CCCCS2)c1. The number of halogens is 1. The van der Waals surface area contributed by atoms with Crippen LogP contribution < -0.4 is 11.1 Å². The summed E-state index contributed by atoms with van der Waals surface area (Å²) in [6.07, 6.45) is 3.55. The molecule has 2 rings (SSSR count). The lowest BCUT2D eigenvalue weighted by Gasteiger charge is -2.21. The number of carbonyl (C=O) groups is 1. The molecule has 112 valence electrons. The molecule has 1 aromatic carbocycles. The van der Waals surface area contributed by atoms with E-state index in [1.54, 1.807) is 6.07 Å². The van der Waals surface area contributed by atoms with Crippen LogP contribution in [0, 0.1) is 17.7 Å². The summed E-state index contributed by atoms with van der Waals surface area (Å²) in [5.74, 6) is 5.73. The van der Waals surface area contributed by atoms with E-state index in [4.69, 9.17) is 5.73 Å². The van der Waals surface area contributed by atoms with Crippen LogP contribution in [0.2, 0.25) is 0 Å². The van der Waals surface area contributed by atoms with Crippen molar-refractivity contribution >= 4 is 17.7 Å². The van der Waals surface area contributed by atoms with E-state index in [0.29, 0.717) is 17.4 Å². The molecule has 3 nitrogen and oxygen atoms in total. The van der Waals surface area contributed by atoms with Gasteiger partial charge in [0.15, 0.2) is 0 Å².